The normalized spacial score (nSPS) is 9.56. The summed E-state index contributed by atoms with van der Waals surface area (Å²) in [5.74, 6) is 0. The molecule has 0 atom stereocenters. The highest BCUT2D eigenvalue weighted by atomic mass is 35.5. The minimum atomic E-state index is -0.0275. The highest BCUT2D eigenvalue weighted by Gasteiger charge is 2.19. The van der Waals surface area contributed by atoms with Gasteiger partial charge in [0.25, 0.3) is 0 Å². The SMILES string of the molecule is N#Cc1c(Cl)nc(Cl)c(C#N)c1-c1cccnc1. The monoisotopic (exact) mass is 274 g/mol. The minimum Gasteiger partial charge on any atom is -0.264 e. The van der Waals surface area contributed by atoms with E-state index < -0.39 is 0 Å². The zero-order valence-corrected chi connectivity index (χ0v) is 10.4. The first-order valence-electron chi connectivity index (χ1n) is 4.78. The van der Waals surface area contributed by atoms with Crippen LogP contribution in [-0.4, -0.2) is 9.97 Å². The van der Waals surface area contributed by atoms with E-state index in [1.165, 1.54) is 6.20 Å². The fraction of sp³-hybridized carbons (Fsp3) is 0. The second-order valence-corrected chi connectivity index (χ2v) is 4.00. The van der Waals surface area contributed by atoms with Gasteiger partial charge in [0.05, 0.1) is 11.1 Å². The lowest BCUT2D eigenvalue weighted by molar-refractivity contribution is 1.26. The van der Waals surface area contributed by atoms with Crippen LogP contribution in [0.4, 0.5) is 0 Å². The minimum absolute atomic E-state index is 0.0275. The molecule has 0 aliphatic carbocycles. The van der Waals surface area contributed by atoms with Crippen molar-refractivity contribution in [3.8, 4) is 23.3 Å². The third kappa shape index (κ3) is 2.00. The number of hydrogen-bond acceptors (Lipinski definition) is 4. The van der Waals surface area contributed by atoms with Gasteiger partial charge in [0.15, 0.2) is 0 Å². The number of rotatable bonds is 1. The maximum atomic E-state index is 9.12. The summed E-state index contributed by atoms with van der Waals surface area (Å²) in [6, 6.07) is 7.28. The van der Waals surface area contributed by atoms with Crippen molar-refractivity contribution in [2.24, 2.45) is 0 Å². The largest absolute Gasteiger partial charge is 0.264 e. The van der Waals surface area contributed by atoms with Gasteiger partial charge in [-0.15, -0.1) is 0 Å². The summed E-state index contributed by atoms with van der Waals surface area (Å²) in [6.07, 6.45) is 3.12. The van der Waals surface area contributed by atoms with Crippen molar-refractivity contribution in [2.45, 2.75) is 0 Å². The molecule has 0 radical (unpaired) electrons. The van der Waals surface area contributed by atoms with Gasteiger partial charge in [-0.05, 0) is 6.07 Å². The summed E-state index contributed by atoms with van der Waals surface area (Å²) in [6.45, 7) is 0. The Balaban J connectivity index is 2.89. The number of nitriles is 2. The van der Waals surface area contributed by atoms with E-state index in [9.17, 15) is 0 Å². The average Bonchev–Trinajstić information content (AvgIpc) is 2.39. The van der Waals surface area contributed by atoms with Crippen molar-refractivity contribution in [3.63, 3.8) is 0 Å². The summed E-state index contributed by atoms with van der Waals surface area (Å²) in [5.41, 5.74) is 1.19. The van der Waals surface area contributed by atoms with Crippen molar-refractivity contribution in [1.29, 1.82) is 10.5 Å². The fourth-order valence-electron chi connectivity index (χ4n) is 1.53. The van der Waals surface area contributed by atoms with E-state index in [0.717, 1.165) is 0 Å². The summed E-state index contributed by atoms with van der Waals surface area (Å²) in [5, 5.41) is 18.2. The number of pyridine rings is 2. The molecule has 2 rings (SSSR count). The standard InChI is InChI=1S/C12H4Cl2N4/c13-11-8(4-15)10(7-2-1-3-17-6-7)9(5-16)12(14)18-11/h1-3,6H. The molecule has 6 heteroatoms. The second-order valence-electron chi connectivity index (χ2n) is 3.28. The molecule has 0 aromatic carbocycles. The second kappa shape index (κ2) is 5.01. The van der Waals surface area contributed by atoms with Gasteiger partial charge in [-0.3, -0.25) is 4.98 Å². The van der Waals surface area contributed by atoms with Gasteiger partial charge in [0.1, 0.15) is 22.4 Å². The van der Waals surface area contributed by atoms with E-state index in [0.29, 0.717) is 11.1 Å². The Bertz CT molecular complexity index is 646. The number of halogens is 2. The molecular weight excluding hydrogens is 271 g/mol. The predicted octanol–water partition coefficient (Wildman–Crippen LogP) is 3.19. The Kier molecular flexibility index (Phi) is 3.43. The molecule has 0 aliphatic rings. The lowest BCUT2D eigenvalue weighted by Gasteiger charge is -2.08. The number of aromatic nitrogens is 2. The maximum absolute atomic E-state index is 9.12. The Morgan fingerprint density at radius 2 is 1.67 bits per heavy atom. The van der Waals surface area contributed by atoms with E-state index >= 15 is 0 Å². The predicted molar refractivity (Wildman–Crippen MR) is 66.9 cm³/mol. The molecule has 2 aromatic heterocycles. The Morgan fingerprint density at radius 3 is 2.11 bits per heavy atom. The lowest BCUT2D eigenvalue weighted by Crippen LogP contribution is -1.96. The molecule has 0 fully saturated rings. The van der Waals surface area contributed by atoms with Crippen molar-refractivity contribution in [2.75, 3.05) is 0 Å². The molecular formula is C12H4Cl2N4. The maximum Gasteiger partial charge on any atom is 0.149 e. The molecule has 18 heavy (non-hydrogen) atoms. The summed E-state index contributed by atoms with van der Waals surface area (Å²) in [7, 11) is 0. The number of hydrogen-bond donors (Lipinski definition) is 0. The molecule has 0 N–H and O–H groups in total. The van der Waals surface area contributed by atoms with Crippen LogP contribution in [0.15, 0.2) is 24.5 Å². The summed E-state index contributed by atoms with van der Waals surface area (Å²) in [4.78, 5) is 7.71. The van der Waals surface area contributed by atoms with E-state index in [1.807, 2.05) is 12.1 Å². The van der Waals surface area contributed by atoms with Gasteiger partial charge in [0, 0.05) is 23.5 Å². The van der Waals surface area contributed by atoms with Crippen LogP contribution in [0.5, 0.6) is 0 Å². The molecule has 0 unspecified atom stereocenters. The smallest absolute Gasteiger partial charge is 0.149 e. The molecule has 86 valence electrons. The molecule has 2 heterocycles. The molecule has 2 aromatic rings. The van der Waals surface area contributed by atoms with Crippen molar-refractivity contribution >= 4 is 23.2 Å². The van der Waals surface area contributed by atoms with E-state index in [1.54, 1.807) is 18.3 Å². The molecule has 0 saturated heterocycles. The van der Waals surface area contributed by atoms with Crippen molar-refractivity contribution in [3.05, 3.63) is 46.0 Å². The fourth-order valence-corrected chi connectivity index (χ4v) is 2.02. The van der Waals surface area contributed by atoms with Gasteiger partial charge in [0.2, 0.25) is 0 Å². The first-order chi connectivity index (χ1) is 8.69. The van der Waals surface area contributed by atoms with E-state index in [2.05, 4.69) is 9.97 Å². The van der Waals surface area contributed by atoms with Gasteiger partial charge in [-0.25, -0.2) is 4.98 Å². The van der Waals surface area contributed by atoms with Crippen LogP contribution < -0.4 is 0 Å². The van der Waals surface area contributed by atoms with Gasteiger partial charge in [-0.1, -0.05) is 29.3 Å². The highest BCUT2D eigenvalue weighted by Crippen LogP contribution is 2.33. The average molecular weight is 275 g/mol. The third-order valence-electron chi connectivity index (χ3n) is 2.28. The van der Waals surface area contributed by atoms with Gasteiger partial charge >= 0.3 is 0 Å². The lowest BCUT2D eigenvalue weighted by atomic mass is 9.99. The van der Waals surface area contributed by atoms with Crippen LogP contribution in [-0.2, 0) is 0 Å². The van der Waals surface area contributed by atoms with Gasteiger partial charge < -0.3 is 0 Å². The molecule has 4 nitrogen and oxygen atoms in total. The summed E-state index contributed by atoms with van der Waals surface area (Å²) >= 11 is 11.7. The molecule has 0 amide bonds. The van der Waals surface area contributed by atoms with Crippen molar-refractivity contribution in [1.82, 2.24) is 9.97 Å². The topological polar surface area (TPSA) is 73.4 Å². The molecule has 0 aliphatic heterocycles. The molecule has 0 bridgehead atoms. The zero-order chi connectivity index (χ0) is 13.1. The summed E-state index contributed by atoms with van der Waals surface area (Å²) < 4.78 is 0. The van der Waals surface area contributed by atoms with Crippen LogP contribution in [0.1, 0.15) is 11.1 Å². The van der Waals surface area contributed by atoms with Crippen LogP contribution in [0, 0.1) is 22.7 Å². The quantitative estimate of drug-likeness (QED) is 0.749. The van der Waals surface area contributed by atoms with Crippen LogP contribution in [0.2, 0.25) is 10.3 Å². The Hall–Kier alpha value is -2.14. The zero-order valence-electron chi connectivity index (χ0n) is 8.85. The third-order valence-corrected chi connectivity index (χ3v) is 2.83. The number of nitrogens with zero attached hydrogens (tertiary/aromatic N) is 4. The van der Waals surface area contributed by atoms with Crippen LogP contribution in [0.25, 0.3) is 11.1 Å². The van der Waals surface area contributed by atoms with Gasteiger partial charge in [-0.2, -0.15) is 10.5 Å². The van der Waals surface area contributed by atoms with Crippen molar-refractivity contribution < 1.29 is 0 Å². The molecule has 0 saturated carbocycles. The van der Waals surface area contributed by atoms with Crippen LogP contribution >= 0.6 is 23.2 Å². The van der Waals surface area contributed by atoms with E-state index in [-0.39, 0.29) is 21.4 Å². The Morgan fingerprint density at radius 1 is 1.06 bits per heavy atom. The first-order valence-corrected chi connectivity index (χ1v) is 5.54. The molecule has 0 spiro atoms. The van der Waals surface area contributed by atoms with Crippen LogP contribution in [0.3, 0.4) is 0 Å². The van der Waals surface area contributed by atoms with E-state index in [4.69, 9.17) is 33.7 Å². The first kappa shape index (κ1) is 12.3. The Labute approximate surface area is 113 Å². The highest BCUT2D eigenvalue weighted by molar-refractivity contribution is 6.34.